The molecule has 2 N–H and O–H groups in total. The molecule has 0 radical (unpaired) electrons. The van der Waals surface area contributed by atoms with Gasteiger partial charge in [0, 0.05) is 12.1 Å². The van der Waals surface area contributed by atoms with Crippen molar-refractivity contribution in [2.45, 2.75) is 6.61 Å². The zero-order valence-electron chi connectivity index (χ0n) is 14.4. The number of carbonyl (C=O) groups excluding carboxylic acids is 3. The van der Waals surface area contributed by atoms with Gasteiger partial charge in [-0.3, -0.25) is 30.3 Å². The van der Waals surface area contributed by atoms with Gasteiger partial charge in [-0.25, -0.2) is 4.79 Å². The summed E-state index contributed by atoms with van der Waals surface area (Å²) < 4.78 is 6.80. The summed E-state index contributed by atoms with van der Waals surface area (Å²) in [5.74, 6) is -1.15. The maximum absolute atomic E-state index is 11.8. The van der Waals surface area contributed by atoms with Crippen LogP contribution in [0.4, 0.5) is 10.5 Å². The summed E-state index contributed by atoms with van der Waals surface area (Å²) in [6, 6.07) is 8.46. The molecule has 1 saturated heterocycles. The zero-order valence-corrected chi connectivity index (χ0v) is 17.6. The zero-order chi connectivity index (χ0) is 21.1. The Morgan fingerprint density at radius 2 is 1.66 bits per heavy atom. The minimum atomic E-state index is -0.871. The summed E-state index contributed by atoms with van der Waals surface area (Å²) in [5, 5.41) is 14.9. The first-order valence-corrected chi connectivity index (χ1v) is 9.56. The van der Waals surface area contributed by atoms with E-state index in [1.165, 1.54) is 18.2 Å². The summed E-state index contributed by atoms with van der Waals surface area (Å²) >= 11 is 6.73. The molecule has 3 rings (SSSR count). The molecule has 11 heteroatoms. The molecule has 0 unspecified atom stereocenters. The highest BCUT2D eigenvalue weighted by Crippen LogP contribution is 2.36. The van der Waals surface area contributed by atoms with Crippen LogP contribution in [0.15, 0.2) is 50.9 Å². The van der Waals surface area contributed by atoms with Crippen LogP contribution in [0.25, 0.3) is 6.08 Å². The highest BCUT2D eigenvalue weighted by molar-refractivity contribution is 9.11. The third-order valence-corrected chi connectivity index (χ3v) is 4.96. The fourth-order valence-electron chi connectivity index (χ4n) is 2.49. The molecule has 0 saturated carbocycles. The van der Waals surface area contributed by atoms with Gasteiger partial charge < -0.3 is 4.74 Å². The number of nitrogens with one attached hydrogen (secondary N) is 2. The van der Waals surface area contributed by atoms with E-state index in [0.717, 1.165) is 0 Å². The van der Waals surface area contributed by atoms with Crippen molar-refractivity contribution in [1.82, 2.24) is 10.6 Å². The number of non-ortho nitro benzene ring substituents is 1. The van der Waals surface area contributed by atoms with Crippen molar-refractivity contribution in [2.75, 3.05) is 0 Å². The Kier molecular flexibility index (Phi) is 6.09. The van der Waals surface area contributed by atoms with Crippen molar-refractivity contribution in [2.24, 2.45) is 0 Å². The Morgan fingerprint density at radius 3 is 2.24 bits per heavy atom. The second kappa shape index (κ2) is 8.53. The lowest BCUT2D eigenvalue weighted by atomic mass is 10.1. The van der Waals surface area contributed by atoms with E-state index in [-0.39, 0.29) is 17.9 Å². The van der Waals surface area contributed by atoms with Crippen LogP contribution >= 0.6 is 31.9 Å². The van der Waals surface area contributed by atoms with Crippen molar-refractivity contribution >= 4 is 61.5 Å². The number of nitro groups is 1. The van der Waals surface area contributed by atoms with Gasteiger partial charge in [0.25, 0.3) is 17.5 Å². The number of carbonyl (C=O) groups is 3. The molecule has 1 fully saturated rings. The van der Waals surface area contributed by atoms with Crippen molar-refractivity contribution in [1.29, 1.82) is 0 Å². The predicted molar refractivity (Wildman–Crippen MR) is 109 cm³/mol. The summed E-state index contributed by atoms with van der Waals surface area (Å²) in [5.41, 5.74) is 0.868. The van der Waals surface area contributed by atoms with Crippen LogP contribution in [0.1, 0.15) is 11.1 Å². The first kappa shape index (κ1) is 20.7. The quantitative estimate of drug-likeness (QED) is 0.267. The Bertz CT molecular complexity index is 1040. The smallest absolute Gasteiger partial charge is 0.328 e. The average molecular weight is 525 g/mol. The van der Waals surface area contributed by atoms with E-state index >= 15 is 0 Å². The summed E-state index contributed by atoms with van der Waals surface area (Å²) in [7, 11) is 0. The van der Waals surface area contributed by atoms with Crippen LogP contribution in [0.3, 0.4) is 0 Å². The van der Waals surface area contributed by atoms with Gasteiger partial charge in [0.1, 0.15) is 17.9 Å². The van der Waals surface area contributed by atoms with Crippen molar-refractivity contribution in [3.63, 3.8) is 0 Å². The van der Waals surface area contributed by atoms with E-state index in [2.05, 4.69) is 31.9 Å². The molecule has 0 atom stereocenters. The fraction of sp³-hybridized carbons (Fsp3) is 0.0556. The van der Waals surface area contributed by atoms with Crippen LogP contribution in [0.5, 0.6) is 5.75 Å². The van der Waals surface area contributed by atoms with E-state index in [1.54, 1.807) is 24.3 Å². The summed E-state index contributed by atoms with van der Waals surface area (Å²) in [4.78, 5) is 45.2. The molecule has 0 aromatic heterocycles. The topological polar surface area (TPSA) is 128 Å². The molecule has 0 spiro atoms. The number of benzene rings is 2. The number of barbiturate groups is 1. The lowest BCUT2D eigenvalue weighted by Crippen LogP contribution is -2.51. The lowest BCUT2D eigenvalue weighted by molar-refractivity contribution is -0.384. The number of amides is 4. The van der Waals surface area contributed by atoms with Gasteiger partial charge in [-0.15, -0.1) is 0 Å². The summed E-state index contributed by atoms with van der Waals surface area (Å²) in [6.07, 6.45) is 1.33. The lowest BCUT2D eigenvalue weighted by Gasteiger charge is -2.15. The second-order valence-electron chi connectivity index (χ2n) is 5.82. The van der Waals surface area contributed by atoms with Gasteiger partial charge in [-0.05, 0) is 61.2 Å². The molecular formula is C18H11Br2N3O6. The van der Waals surface area contributed by atoms with Gasteiger partial charge in [-0.2, -0.15) is 0 Å². The molecule has 0 aliphatic carbocycles. The van der Waals surface area contributed by atoms with Crippen molar-refractivity contribution in [3.8, 4) is 5.75 Å². The van der Waals surface area contributed by atoms with Gasteiger partial charge >= 0.3 is 6.03 Å². The van der Waals surface area contributed by atoms with Crippen molar-refractivity contribution in [3.05, 3.63) is 72.2 Å². The predicted octanol–water partition coefficient (Wildman–Crippen LogP) is 3.45. The maximum atomic E-state index is 11.8. The molecular weight excluding hydrogens is 514 g/mol. The Morgan fingerprint density at radius 1 is 1.03 bits per heavy atom. The van der Waals surface area contributed by atoms with Gasteiger partial charge in [0.05, 0.1) is 13.9 Å². The fourth-order valence-corrected chi connectivity index (χ4v) is 3.94. The molecule has 148 valence electrons. The number of urea groups is 1. The molecule has 9 nitrogen and oxygen atoms in total. The molecule has 2 aromatic carbocycles. The van der Waals surface area contributed by atoms with E-state index in [4.69, 9.17) is 4.74 Å². The Hall–Kier alpha value is -3.05. The normalized spacial score (nSPS) is 13.6. The monoisotopic (exact) mass is 523 g/mol. The standard InChI is InChI=1S/C18H11Br2N3O6/c19-13-6-10(5-12-16(24)21-18(26)22-17(12)25)7-14(20)15(13)29-8-9-2-1-3-11(4-9)23(27)28/h1-7H,8H2,(H2,21,22,24,25,26). The van der Waals surface area contributed by atoms with Crippen LogP contribution in [0, 0.1) is 10.1 Å². The highest BCUT2D eigenvalue weighted by atomic mass is 79.9. The third-order valence-electron chi connectivity index (χ3n) is 3.78. The molecule has 29 heavy (non-hydrogen) atoms. The van der Waals surface area contributed by atoms with Gasteiger partial charge in [0.2, 0.25) is 0 Å². The van der Waals surface area contributed by atoms with Crippen LogP contribution in [0.2, 0.25) is 0 Å². The van der Waals surface area contributed by atoms with Crippen LogP contribution in [-0.2, 0) is 16.2 Å². The Balaban J connectivity index is 1.81. The van der Waals surface area contributed by atoms with Crippen LogP contribution in [-0.4, -0.2) is 22.8 Å². The molecule has 4 amide bonds. The average Bonchev–Trinajstić information content (AvgIpc) is 2.64. The van der Waals surface area contributed by atoms with Crippen molar-refractivity contribution < 1.29 is 24.0 Å². The number of imide groups is 2. The Labute approximate surface area is 180 Å². The third kappa shape index (κ3) is 4.87. The molecule has 1 aliphatic rings. The molecule has 1 heterocycles. The minimum absolute atomic E-state index is 0.0336. The highest BCUT2D eigenvalue weighted by Gasteiger charge is 2.27. The largest absolute Gasteiger partial charge is 0.487 e. The SMILES string of the molecule is O=C1NC(=O)C(=Cc2cc(Br)c(OCc3cccc([N+](=O)[O-])c3)c(Br)c2)C(=O)N1. The van der Waals surface area contributed by atoms with E-state index in [9.17, 15) is 24.5 Å². The number of rotatable bonds is 5. The minimum Gasteiger partial charge on any atom is -0.487 e. The molecule has 2 aromatic rings. The number of nitrogens with zero attached hydrogens (tertiary/aromatic N) is 1. The number of halogens is 2. The molecule has 0 bridgehead atoms. The number of hydrogen-bond donors (Lipinski definition) is 2. The number of ether oxygens (including phenoxy) is 1. The first-order valence-electron chi connectivity index (χ1n) is 7.98. The molecule has 1 aliphatic heterocycles. The number of hydrogen-bond acceptors (Lipinski definition) is 6. The second-order valence-corrected chi connectivity index (χ2v) is 7.53. The maximum Gasteiger partial charge on any atom is 0.328 e. The van der Waals surface area contributed by atoms with Crippen LogP contribution < -0.4 is 15.4 Å². The van der Waals surface area contributed by atoms with E-state index < -0.39 is 22.8 Å². The first-order chi connectivity index (χ1) is 13.7. The van der Waals surface area contributed by atoms with E-state index in [1.807, 2.05) is 10.6 Å². The number of nitro benzene ring substituents is 1. The van der Waals surface area contributed by atoms with Gasteiger partial charge in [-0.1, -0.05) is 12.1 Å². The summed E-state index contributed by atoms with van der Waals surface area (Å²) in [6.45, 7) is 0.0895. The van der Waals surface area contributed by atoms with E-state index in [0.29, 0.717) is 25.8 Å². The van der Waals surface area contributed by atoms with Gasteiger partial charge in [0.15, 0.2) is 0 Å².